The van der Waals surface area contributed by atoms with Gasteiger partial charge in [-0.3, -0.25) is 0 Å². The van der Waals surface area contributed by atoms with Crippen molar-refractivity contribution in [2.75, 3.05) is 13.7 Å². The molecule has 0 aromatic rings. The molecule has 0 bridgehead atoms. The van der Waals surface area contributed by atoms with Crippen molar-refractivity contribution in [3.63, 3.8) is 0 Å². The van der Waals surface area contributed by atoms with E-state index in [2.05, 4.69) is 12.2 Å². The summed E-state index contributed by atoms with van der Waals surface area (Å²) < 4.78 is 5.29. The molecule has 0 fully saturated rings. The van der Waals surface area contributed by atoms with E-state index in [1.165, 1.54) is 5.57 Å². The van der Waals surface area contributed by atoms with E-state index in [1.54, 1.807) is 7.11 Å². The minimum atomic E-state index is 0.768. The maximum absolute atomic E-state index is 5.45. The van der Waals surface area contributed by atoms with E-state index in [4.69, 9.17) is 10.5 Å². The van der Waals surface area contributed by atoms with Gasteiger partial charge in [0.1, 0.15) is 0 Å². The quantitative estimate of drug-likeness (QED) is 0.650. The number of methoxy groups -OCH3 is 1. The average Bonchev–Trinajstić information content (AvgIpc) is 2.15. The molecular weight excluding hydrogens is 150 g/mol. The van der Waals surface area contributed by atoms with Crippen LogP contribution in [0.15, 0.2) is 23.5 Å². The zero-order chi connectivity index (χ0) is 8.81. The molecule has 0 atom stereocenters. The number of ether oxygens (including phenoxy) is 1. The van der Waals surface area contributed by atoms with Crippen molar-refractivity contribution in [3.8, 4) is 0 Å². The van der Waals surface area contributed by atoms with Crippen molar-refractivity contribution in [2.45, 2.75) is 25.7 Å². The summed E-state index contributed by atoms with van der Waals surface area (Å²) in [6.07, 6.45) is 8.51. The second kappa shape index (κ2) is 4.99. The van der Waals surface area contributed by atoms with Crippen molar-refractivity contribution in [1.29, 1.82) is 0 Å². The van der Waals surface area contributed by atoms with Crippen LogP contribution >= 0.6 is 0 Å². The normalized spacial score (nSPS) is 16.8. The van der Waals surface area contributed by atoms with Crippen molar-refractivity contribution >= 4 is 0 Å². The van der Waals surface area contributed by atoms with Crippen molar-refractivity contribution in [1.82, 2.24) is 0 Å². The average molecular weight is 167 g/mol. The molecule has 1 aliphatic carbocycles. The van der Waals surface area contributed by atoms with Crippen LogP contribution in [0.5, 0.6) is 0 Å². The summed E-state index contributed by atoms with van der Waals surface area (Å²) in [5.74, 6) is 1.14. The highest BCUT2D eigenvalue weighted by molar-refractivity contribution is 5.19. The van der Waals surface area contributed by atoms with Crippen LogP contribution in [0.1, 0.15) is 25.7 Å². The molecule has 0 aliphatic heterocycles. The minimum absolute atomic E-state index is 0.768. The highest BCUT2D eigenvalue weighted by Crippen LogP contribution is 2.23. The van der Waals surface area contributed by atoms with E-state index in [1.807, 2.05) is 0 Å². The maximum atomic E-state index is 5.45. The molecule has 0 aromatic heterocycles. The maximum Gasteiger partial charge on any atom is 0.0988 e. The number of allylic oxidation sites excluding steroid dienone is 3. The first-order valence-corrected chi connectivity index (χ1v) is 4.48. The molecule has 2 nitrogen and oxygen atoms in total. The third-order valence-electron chi connectivity index (χ3n) is 2.16. The molecule has 0 saturated carbocycles. The van der Waals surface area contributed by atoms with Gasteiger partial charge >= 0.3 is 0 Å². The summed E-state index contributed by atoms with van der Waals surface area (Å²) >= 11 is 0. The summed E-state index contributed by atoms with van der Waals surface area (Å²) in [6, 6.07) is 0. The predicted octanol–water partition coefficient (Wildman–Crippen LogP) is 1.98. The molecule has 0 radical (unpaired) electrons. The lowest BCUT2D eigenvalue weighted by atomic mass is 9.99. The molecule has 0 spiro atoms. The van der Waals surface area contributed by atoms with Gasteiger partial charge in [0.25, 0.3) is 0 Å². The van der Waals surface area contributed by atoms with Crippen molar-refractivity contribution < 1.29 is 4.74 Å². The van der Waals surface area contributed by atoms with Gasteiger partial charge in [-0.1, -0.05) is 12.2 Å². The van der Waals surface area contributed by atoms with E-state index in [-0.39, 0.29) is 0 Å². The van der Waals surface area contributed by atoms with E-state index in [9.17, 15) is 0 Å². The first kappa shape index (κ1) is 9.33. The molecule has 0 saturated heterocycles. The summed E-state index contributed by atoms with van der Waals surface area (Å²) in [5.41, 5.74) is 6.87. The van der Waals surface area contributed by atoms with Gasteiger partial charge in [-0.15, -0.1) is 0 Å². The van der Waals surface area contributed by atoms with Crippen molar-refractivity contribution in [2.24, 2.45) is 5.73 Å². The molecule has 1 aliphatic rings. The van der Waals surface area contributed by atoms with Gasteiger partial charge in [0.2, 0.25) is 0 Å². The van der Waals surface area contributed by atoms with E-state index >= 15 is 0 Å². The Kier molecular flexibility index (Phi) is 3.88. The molecular formula is C10H17NO. The Balaban J connectivity index is 2.50. The fraction of sp³-hybridized carbons (Fsp3) is 0.600. The molecule has 68 valence electrons. The topological polar surface area (TPSA) is 35.2 Å². The Morgan fingerprint density at radius 2 is 2.17 bits per heavy atom. The second-order valence-corrected chi connectivity index (χ2v) is 3.00. The van der Waals surface area contributed by atoms with Gasteiger partial charge in [0.15, 0.2) is 0 Å². The summed E-state index contributed by atoms with van der Waals surface area (Å²) in [5, 5.41) is 0. The second-order valence-electron chi connectivity index (χ2n) is 3.00. The lowest BCUT2D eigenvalue weighted by molar-refractivity contribution is 0.276. The van der Waals surface area contributed by atoms with Crippen molar-refractivity contribution in [3.05, 3.63) is 23.5 Å². The zero-order valence-corrected chi connectivity index (χ0v) is 7.68. The van der Waals surface area contributed by atoms with Crippen LogP contribution in [-0.4, -0.2) is 13.7 Å². The molecule has 2 heteroatoms. The highest BCUT2D eigenvalue weighted by Gasteiger charge is 2.07. The summed E-state index contributed by atoms with van der Waals surface area (Å²) in [7, 11) is 1.75. The molecule has 0 aromatic carbocycles. The monoisotopic (exact) mass is 167 g/mol. The van der Waals surface area contributed by atoms with Crippen LogP contribution in [0.2, 0.25) is 0 Å². The number of hydrogen-bond acceptors (Lipinski definition) is 2. The van der Waals surface area contributed by atoms with Crippen LogP contribution in [-0.2, 0) is 4.74 Å². The Hall–Kier alpha value is -0.760. The lowest BCUT2D eigenvalue weighted by Gasteiger charge is -2.14. The largest absolute Gasteiger partial charge is 0.501 e. The smallest absolute Gasteiger partial charge is 0.0988 e. The lowest BCUT2D eigenvalue weighted by Crippen LogP contribution is -2.02. The minimum Gasteiger partial charge on any atom is -0.501 e. The summed E-state index contributed by atoms with van der Waals surface area (Å²) in [4.78, 5) is 0. The van der Waals surface area contributed by atoms with Gasteiger partial charge in [-0.25, -0.2) is 0 Å². The first-order chi connectivity index (χ1) is 5.88. The molecule has 0 amide bonds. The SMILES string of the molecule is COC1=C(CCCN)CC=CC1. The van der Waals surface area contributed by atoms with Gasteiger partial charge in [-0.2, -0.15) is 0 Å². The number of nitrogens with two attached hydrogens (primary N) is 1. The van der Waals surface area contributed by atoms with Crippen LogP contribution in [0.25, 0.3) is 0 Å². The van der Waals surface area contributed by atoms with Crippen LogP contribution < -0.4 is 5.73 Å². The predicted molar refractivity (Wildman–Crippen MR) is 50.7 cm³/mol. The van der Waals surface area contributed by atoms with E-state index in [0.29, 0.717) is 0 Å². The van der Waals surface area contributed by atoms with Gasteiger partial charge < -0.3 is 10.5 Å². The number of rotatable bonds is 4. The molecule has 1 rings (SSSR count). The third kappa shape index (κ3) is 2.38. The van der Waals surface area contributed by atoms with Crippen LogP contribution in [0.3, 0.4) is 0 Å². The molecule has 0 unspecified atom stereocenters. The van der Waals surface area contributed by atoms with Crippen LogP contribution in [0, 0.1) is 0 Å². The van der Waals surface area contributed by atoms with Gasteiger partial charge in [0.05, 0.1) is 12.9 Å². The first-order valence-electron chi connectivity index (χ1n) is 4.48. The Bertz CT molecular complexity index is 194. The van der Waals surface area contributed by atoms with Crippen LogP contribution in [0.4, 0.5) is 0 Å². The Morgan fingerprint density at radius 1 is 1.42 bits per heavy atom. The van der Waals surface area contributed by atoms with E-state index < -0.39 is 0 Å². The third-order valence-corrected chi connectivity index (χ3v) is 2.16. The van der Waals surface area contributed by atoms with Gasteiger partial charge in [-0.05, 0) is 31.4 Å². The fourth-order valence-electron chi connectivity index (χ4n) is 1.46. The highest BCUT2D eigenvalue weighted by atomic mass is 16.5. The molecule has 0 heterocycles. The van der Waals surface area contributed by atoms with Gasteiger partial charge in [0, 0.05) is 6.42 Å². The zero-order valence-electron chi connectivity index (χ0n) is 7.68. The number of hydrogen-bond donors (Lipinski definition) is 1. The van der Waals surface area contributed by atoms with E-state index in [0.717, 1.165) is 38.0 Å². The Morgan fingerprint density at radius 3 is 2.83 bits per heavy atom. The standard InChI is InChI=1S/C10H17NO/c1-12-10-7-3-2-5-9(10)6-4-8-11/h2-3H,4-8,11H2,1H3. The molecule has 2 N–H and O–H groups in total. The fourth-order valence-corrected chi connectivity index (χ4v) is 1.46. The summed E-state index contributed by atoms with van der Waals surface area (Å²) in [6.45, 7) is 0.768. The Labute approximate surface area is 74.1 Å². The molecule has 12 heavy (non-hydrogen) atoms.